The minimum Gasteiger partial charge on any atom is -0.496 e. The molecule has 0 heterocycles. The van der Waals surface area contributed by atoms with Crippen LogP contribution in [0.5, 0.6) is 11.5 Å². The van der Waals surface area contributed by atoms with E-state index in [1.807, 2.05) is 31.2 Å². The monoisotopic (exact) mass is 370 g/mol. The number of nitrogens with one attached hydrogen (secondary N) is 2. The largest absolute Gasteiger partial charge is 0.496 e. The Morgan fingerprint density at radius 3 is 2.30 bits per heavy atom. The average molecular weight is 370 g/mol. The van der Waals surface area contributed by atoms with Crippen molar-refractivity contribution in [2.75, 3.05) is 19.0 Å². The molecule has 0 spiro atoms. The number of hydrogen-bond donors (Lipinski definition) is 2. The van der Waals surface area contributed by atoms with E-state index < -0.39 is 5.41 Å². The van der Waals surface area contributed by atoms with Gasteiger partial charge >= 0.3 is 0 Å². The van der Waals surface area contributed by atoms with E-state index in [2.05, 4.69) is 10.6 Å². The molecule has 0 bridgehead atoms. The maximum atomic E-state index is 12.6. The first kappa shape index (κ1) is 20.3. The highest BCUT2D eigenvalue weighted by atomic mass is 16.5. The smallest absolute Gasteiger partial charge is 0.239 e. The van der Waals surface area contributed by atoms with E-state index in [-0.39, 0.29) is 18.4 Å². The highest BCUT2D eigenvalue weighted by Gasteiger charge is 2.36. The van der Waals surface area contributed by atoms with E-state index in [9.17, 15) is 9.59 Å². The number of ether oxygens (including phenoxy) is 2. The Kier molecular flexibility index (Phi) is 6.82. The van der Waals surface area contributed by atoms with Gasteiger partial charge in [0.05, 0.1) is 13.7 Å². The maximum Gasteiger partial charge on any atom is 0.239 e. The topological polar surface area (TPSA) is 76.7 Å². The van der Waals surface area contributed by atoms with Crippen molar-refractivity contribution in [2.24, 2.45) is 5.41 Å². The van der Waals surface area contributed by atoms with Crippen molar-refractivity contribution >= 4 is 17.5 Å². The SMILES string of the molecule is CCOc1ccc(NC(=O)C(C)(C)C(=O)NCc2ccccc2OC)cc1. The lowest BCUT2D eigenvalue weighted by molar-refractivity contribution is -0.138. The normalized spacial score (nSPS) is 10.8. The fraction of sp³-hybridized carbons (Fsp3) is 0.333. The van der Waals surface area contributed by atoms with Gasteiger partial charge in [0, 0.05) is 17.8 Å². The molecule has 2 amide bonds. The molecule has 0 saturated carbocycles. The second-order valence-electron chi connectivity index (χ2n) is 6.53. The molecule has 0 aliphatic heterocycles. The third-order valence-corrected chi connectivity index (χ3v) is 4.19. The number of hydrogen-bond acceptors (Lipinski definition) is 4. The summed E-state index contributed by atoms with van der Waals surface area (Å²) in [7, 11) is 1.58. The van der Waals surface area contributed by atoms with Crippen LogP contribution in [0.15, 0.2) is 48.5 Å². The zero-order chi connectivity index (χ0) is 19.9. The molecule has 0 aliphatic rings. The van der Waals surface area contributed by atoms with Crippen molar-refractivity contribution in [3.8, 4) is 11.5 Å². The third kappa shape index (κ3) is 5.23. The van der Waals surface area contributed by atoms with E-state index in [0.717, 1.165) is 11.3 Å². The summed E-state index contributed by atoms with van der Waals surface area (Å²) in [6.07, 6.45) is 0. The van der Waals surface area contributed by atoms with Gasteiger partial charge in [-0.2, -0.15) is 0 Å². The molecule has 27 heavy (non-hydrogen) atoms. The Hall–Kier alpha value is -3.02. The van der Waals surface area contributed by atoms with Crippen molar-refractivity contribution in [2.45, 2.75) is 27.3 Å². The van der Waals surface area contributed by atoms with Crippen LogP contribution < -0.4 is 20.1 Å². The quantitative estimate of drug-likeness (QED) is 0.699. The Balaban J connectivity index is 1.98. The van der Waals surface area contributed by atoms with Crippen molar-refractivity contribution in [1.29, 1.82) is 0 Å². The van der Waals surface area contributed by atoms with Crippen LogP contribution in [-0.2, 0) is 16.1 Å². The number of amides is 2. The van der Waals surface area contributed by atoms with Crippen LogP contribution in [0.2, 0.25) is 0 Å². The van der Waals surface area contributed by atoms with E-state index >= 15 is 0 Å². The van der Waals surface area contributed by atoms with E-state index in [1.165, 1.54) is 0 Å². The first-order valence-corrected chi connectivity index (χ1v) is 8.83. The standard InChI is InChI=1S/C21H26N2O4/c1-5-27-17-12-10-16(11-13-17)23-20(25)21(2,3)19(24)22-14-15-8-6-7-9-18(15)26-4/h6-13H,5,14H2,1-4H3,(H,22,24)(H,23,25). The van der Waals surface area contributed by atoms with E-state index in [4.69, 9.17) is 9.47 Å². The predicted molar refractivity (Wildman–Crippen MR) is 105 cm³/mol. The van der Waals surface area contributed by atoms with Gasteiger partial charge in [0.2, 0.25) is 11.8 Å². The molecule has 6 heteroatoms. The lowest BCUT2D eigenvalue weighted by Gasteiger charge is -2.23. The summed E-state index contributed by atoms with van der Waals surface area (Å²) in [6.45, 7) is 5.94. The number of methoxy groups -OCH3 is 1. The van der Waals surface area contributed by atoms with Crippen molar-refractivity contribution in [3.05, 3.63) is 54.1 Å². The minimum absolute atomic E-state index is 0.280. The number of carbonyl (C=O) groups excluding carboxylic acids is 2. The molecule has 0 atom stereocenters. The van der Waals surface area contributed by atoms with Gasteiger partial charge in [0.25, 0.3) is 0 Å². The van der Waals surface area contributed by atoms with Gasteiger partial charge in [-0.25, -0.2) is 0 Å². The molecule has 0 unspecified atom stereocenters. The molecule has 6 nitrogen and oxygen atoms in total. The summed E-state index contributed by atoms with van der Waals surface area (Å²) in [5, 5.41) is 5.58. The summed E-state index contributed by atoms with van der Waals surface area (Å²) in [5.74, 6) is 0.666. The van der Waals surface area contributed by atoms with E-state index in [1.54, 1.807) is 45.2 Å². The zero-order valence-electron chi connectivity index (χ0n) is 16.2. The van der Waals surface area contributed by atoms with Gasteiger partial charge in [-0.05, 0) is 51.1 Å². The van der Waals surface area contributed by atoms with Crippen molar-refractivity contribution < 1.29 is 19.1 Å². The van der Waals surface area contributed by atoms with Crippen LogP contribution in [0.4, 0.5) is 5.69 Å². The summed E-state index contributed by atoms with van der Waals surface area (Å²) >= 11 is 0. The second kappa shape index (κ2) is 9.07. The van der Waals surface area contributed by atoms with Crippen molar-refractivity contribution in [1.82, 2.24) is 5.32 Å². The highest BCUT2D eigenvalue weighted by molar-refractivity contribution is 6.09. The third-order valence-electron chi connectivity index (χ3n) is 4.19. The number of para-hydroxylation sites is 1. The Morgan fingerprint density at radius 1 is 1.00 bits per heavy atom. The minimum atomic E-state index is -1.24. The molecule has 2 rings (SSSR count). The lowest BCUT2D eigenvalue weighted by atomic mass is 9.90. The number of anilines is 1. The van der Waals surface area contributed by atoms with Crippen LogP contribution in [-0.4, -0.2) is 25.5 Å². The summed E-state index contributed by atoms with van der Waals surface area (Å²) in [6, 6.07) is 14.4. The van der Waals surface area contributed by atoms with Gasteiger partial charge in [0.15, 0.2) is 0 Å². The summed E-state index contributed by atoms with van der Waals surface area (Å²) in [4.78, 5) is 25.2. The van der Waals surface area contributed by atoms with E-state index in [0.29, 0.717) is 18.0 Å². The molecule has 0 aliphatic carbocycles. The fourth-order valence-corrected chi connectivity index (χ4v) is 2.44. The molecule has 0 aromatic heterocycles. The van der Waals surface area contributed by atoms with Crippen LogP contribution in [0.3, 0.4) is 0 Å². The zero-order valence-corrected chi connectivity index (χ0v) is 16.2. The Bertz CT molecular complexity index is 785. The van der Waals surface area contributed by atoms with Crippen LogP contribution in [0, 0.1) is 5.41 Å². The van der Waals surface area contributed by atoms with Gasteiger partial charge in [-0.1, -0.05) is 18.2 Å². The molecule has 2 aromatic carbocycles. The molecular formula is C21H26N2O4. The first-order valence-electron chi connectivity index (χ1n) is 8.83. The van der Waals surface area contributed by atoms with Crippen LogP contribution >= 0.6 is 0 Å². The predicted octanol–water partition coefficient (Wildman–Crippen LogP) is 3.38. The molecule has 2 N–H and O–H groups in total. The van der Waals surface area contributed by atoms with Gasteiger partial charge in [-0.3, -0.25) is 9.59 Å². The first-order chi connectivity index (χ1) is 12.9. The molecule has 2 aromatic rings. The van der Waals surface area contributed by atoms with Crippen LogP contribution in [0.25, 0.3) is 0 Å². The Labute approximate surface area is 159 Å². The van der Waals surface area contributed by atoms with Crippen LogP contribution in [0.1, 0.15) is 26.3 Å². The second-order valence-corrected chi connectivity index (χ2v) is 6.53. The lowest BCUT2D eigenvalue weighted by Crippen LogP contribution is -2.44. The fourth-order valence-electron chi connectivity index (χ4n) is 2.44. The molecule has 0 radical (unpaired) electrons. The highest BCUT2D eigenvalue weighted by Crippen LogP contribution is 2.22. The number of benzene rings is 2. The summed E-state index contributed by atoms with van der Waals surface area (Å²) < 4.78 is 10.7. The van der Waals surface area contributed by atoms with Gasteiger partial charge in [0.1, 0.15) is 16.9 Å². The van der Waals surface area contributed by atoms with Gasteiger partial charge < -0.3 is 20.1 Å². The average Bonchev–Trinajstić information content (AvgIpc) is 2.67. The number of rotatable bonds is 8. The molecule has 0 saturated heterocycles. The number of carbonyl (C=O) groups is 2. The molecule has 0 fully saturated rings. The molecule has 144 valence electrons. The maximum absolute atomic E-state index is 12.6. The van der Waals surface area contributed by atoms with Gasteiger partial charge in [-0.15, -0.1) is 0 Å². The molecular weight excluding hydrogens is 344 g/mol. The Morgan fingerprint density at radius 2 is 1.67 bits per heavy atom. The summed E-state index contributed by atoms with van der Waals surface area (Å²) in [5.41, 5.74) is 0.214. The van der Waals surface area contributed by atoms with Crippen molar-refractivity contribution in [3.63, 3.8) is 0 Å².